The van der Waals surface area contributed by atoms with Gasteiger partial charge in [0, 0.05) is 11.3 Å². The van der Waals surface area contributed by atoms with Gasteiger partial charge in [-0.2, -0.15) is 0 Å². The Bertz CT molecular complexity index is 1370. The van der Waals surface area contributed by atoms with E-state index in [1.54, 1.807) is 67.6 Å². The van der Waals surface area contributed by atoms with Crippen molar-refractivity contribution in [1.82, 2.24) is 0 Å². The van der Waals surface area contributed by atoms with Crippen LogP contribution < -0.4 is 14.8 Å². The van der Waals surface area contributed by atoms with E-state index < -0.39 is 10.0 Å². The Hall–Kier alpha value is -4.10. The molecule has 0 aromatic heterocycles. The minimum Gasteiger partial charge on any atom is -0.489 e. The van der Waals surface area contributed by atoms with E-state index in [2.05, 4.69) is 10.0 Å². The molecule has 7 heteroatoms. The maximum absolute atomic E-state index is 12.7. The molecule has 0 saturated carbocycles. The Labute approximate surface area is 199 Å². The first kappa shape index (κ1) is 23.1. The molecule has 0 aliphatic rings. The Morgan fingerprint density at radius 1 is 0.824 bits per heavy atom. The summed E-state index contributed by atoms with van der Waals surface area (Å²) in [5.74, 6) is 0.409. The van der Waals surface area contributed by atoms with E-state index in [0.29, 0.717) is 34.9 Å². The van der Waals surface area contributed by atoms with Gasteiger partial charge in [-0.05, 0) is 72.6 Å². The summed E-state index contributed by atoms with van der Waals surface area (Å²) >= 11 is 0. The summed E-state index contributed by atoms with van der Waals surface area (Å²) in [5.41, 5.74) is 3.18. The Balaban J connectivity index is 1.38. The van der Waals surface area contributed by atoms with Crippen LogP contribution in [0.1, 0.15) is 21.5 Å². The lowest BCUT2D eigenvalue weighted by Crippen LogP contribution is -2.15. The van der Waals surface area contributed by atoms with Crippen molar-refractivity contribution in [3.63, 3.8) is 0 Å². The largest absolute Gasteiger partial charge is 0.489 e. The second-order valence-electron chi connectivity index (χ2n) is 7.70. The number of benzene rings is 4. The monoisotopic (exact) mass is 472 g/mol. The van der Waals surface area contributed by atoms with Crippen LogP contribution in [0.2, 0.25) is 0 Å². The zero-order valence-electron chi connectivity index (χ0n) is 18.6. The molecule has 0 bridgehead atoms. The number of rotatable bonds is 8. The van der Waals surface area contributed by atoms with Crippen LogP contribution in [0.5, 0.6) is 5.75 Å². The van der Waals surface area contributed by atoms with Gasteiger partial charge in [0.2, 0.25) is 0 Å². The lowest BCUT2D eigenvalue weighted by molar-refractivity contribution is 0.102. The third-order valence-corrected chi connectivity index (χ3v) is 6.53. The van der Waals surface area contributed by atoms with Crippen LogP contribution in [0.25, 0.3) is 0 Å². The average molecular weight is 473 g/mol. The molecular weight excluding hydrogens is 448 g/mol. The van der Waals surface area contributed by atoms with Crippen LogP contribution >= 0.6 is 0 Å². The van der Waals surface area contributed by atoms with Crippen molar-refractivity contribution in [2.75, 3.05) is 10.0 Å². The summed E-state index contributed by atoms with van der Waals surface area (Å²) in [6.45, 7) is 2.21. The molecular formula is C27H24N2O4S. The summed E-state index contributed by atoms with van der Waals surface area (Å²) in [7, 11) is -3.71. The van der Waals surface area contributed by atoms with Gasteiger partial charge in [0.1, 0.15) is 12.4 Å². The predicted molar refractivity (Wildman–Crippen MR) is 134 cm³/mol. The number of carbonyl (C=O) groups excluding carboxylic acids is 1. The number of amides is 1. The number of aryl methyl sites for hydroxylation is 1. The third-order valence-electron chi connectivity index (χ3n) is 5.15. The Morgan fingerprint density at radius 2 is 1.47 bits per heavy atom. The van der Waals surface area contributed by atoms with Crippen LogP contribution in [0.4, 0.5) is 11.4 Å². The van der Waals surface area contributed by atoms with E-state index in [0.717, 1.165) is 5.56 Å². The molecule has 4 aromatic carbocycles. The molecule has 0 saturated heterocycles. The van der Waals surface area contributed by atoms with Crippen molar-refractivity contribution in [1.29, 1.82) is 0 Å². The zero-order chi connectivity index (χ0) is 24.0. The summed E-state index contributed by atoms with van der Waals surface area (Å²) in [5, 5.41) is 2.85. The second kappa shape index (κ2) is 10.2. The number of anilines is 2. The molecule has 4 aromatic rings. The number of ether oxygens (including phenoxy) is 1. The van der Waals surface area contributed by atoms with Gasteiger partial charge in [-0.25, -0.2) is 8.42 Å². The van der Waals surface area contributed by atoms with Crippen molar-refractivity contribution in [3.8, 4) is 5.75 Å². The summed E-state index contributed by atoms with van der Waals surface area (Å²) in [4.78, 5) is 12.9. The topological polar surface area (TPSA) is 84.5 Å². The van der Waals surface area contributed by atoms with Crippen LogP contribution in [0.3, 0.4) is 0 Å². The fraction of sp³-hybridized carbons (Fsp3) is 0.0741. The Kier molecular flexibility index (Phi) is 6.94. The van der Waals surface area contributed by atoms with Gasteiger partial charge in [0.15, 0.2) is 0 Å². The molecule has 34 heavy (non-hydrogen) atoms. The molecule has 0 fully saturated rings. The number of sulfonamides is 1. The quantitative estimate of drug-likeness (QED) is 0.348. The fourth-order valence-electron chi connectivity index (χ4n) is 3.30. The molecule has 0 aliphatic carbocycles. The third kappa shape index (κ3) is 5.82. The van der Waals surface area contributed by atoms with Gasteiger partial charge in [0.25, 0.3) is 15.9 Å². The van der Waals surface area contributed by atoms with Crippen molar-refractivity contribution in [2.45, 2.75) is 18.4 Å². The Morgan fingerprint density at radius 3 is 2.12 bits per heavy atom. The molecule has 0 aliphatic heterocycles. The van der Waals surface area contributed by atoms with Gasteiger partial charge in [-0.1, -0.05) is 48.5 Å². The standard InChI is InChI=1S/C27H24N2O4S/c1-20-18-22(12-17-26(20)29-34(31,32)25-10-6-3-7-11-25)27(30)28-23-13-15-24(16-14-23)33-19-21-8-4-2-5-9-21/h2-18,29H,19H2,1H3,(H,28,30). The smallest absolute Gasteiger partial charge is 0.261 e. The van der Waals surface area contributed by atoms with Crippen LogP contribution in [-0.4, -0.2) is 14.3 Å². The average Bonchev–Trinajstić information content (AvgIpc) is 2.86. The summed E-state index contributed by atoms with van der Waals surface area (Å²) in [6, 6.07) is 30.0. The first-order valence-electron chi connectivity index (χ1n) is 10.7. The fourth-order valence-corrected chi connectivity index (χ4v) is 4.45. The van der Waals surface area contributed by atoms with E-state index >= 15 is 0 Å². The van der Waals surface area contributed by atoms with Gasteiger partial charge >= 0.3 is 0 Å². The van der Waals surface area contributed by atoms with Crippen molar-refractivity contribution in [3.05, 3.63) is 120 Å². The molecule has 0 atom stereocenters. The predicted octanol–water partition coefficient (Wildman–Crippen LogP) is 5.63. The van der Waals surface area contributed by atoms with Crippen molar-refractivity contribution < 1.29 is 17.9 Å². The van der Waals surface area contributed by atoms with E-state index in [1.807, 2.05) is 30.3 Å². The molecule has 172 valence electrons. The van der Waals surface area contributed by atoms with E-state index in [4.69, 9.17) is 4.74 Å². The number of hydrogen-bond donors (Lipinski definition) is 2. The van der Waals surface area contributed by atoms with Crippen LogP contribution in [0, 0.1) is 6.92 Å². The highest BCUT2D eigenvalue weighted by Gasteiger charge is 2.16. The van der Waals surface area contributed by atoms with Crippen molar-refractivity contribution >= 4 is 27.3 Å². The van der Waals surface area contributed by atoms with Crippen LogP contribution in [-0.2, 0) is 16.6 Å². The highest BCUT2D eigenvalue weighted by molar-refractivity contribution is 7.92. The summed E-state index contributed by atoms with van der Waals surface area (Å²) in [6.07, 6.45) is 0. The first-order chi connectivity index (χ1) is 16.4. The van der Waals surface area contributed by atoms with E-state index in [9.17, 15) is 13.2 Å². The molecule has 0 heterocycles. The molecule has 6 nitrogen and oxygen atoms in total. The lowest BCUT2D eigenvalue weighted by Gasteiger charge is -2.12. The maximum Gasteiger partial charge on any atom is 0.261 e. The number of carbonyl (C=O) groups is 1. The normalized spacial score (nSPS) is 11.0. The molecule has 2 N–H and O–H groups in total. The van der Waals surface area contributed by atoms with Gasteiger partial charge in [-0.3, -0.25) is 9.52 Å². The van der Waals surface area contributed by atoms with Gasteiger partial charge in [-0.15, -0.1) is 0 Å². The SMILES string of the molecule is Cc1cc(C(=O)Nc2ccc(OCc3ccccc3)cc2)ccc1NS(=O)(=O)c1ccccc1. The van der Waals surface area contributed by atoms with E-state index in [1.165, 1.54) is 12.1 Å². The highest BCUT2D eigenvalue weighted by Crippen LogP contribution is 2.22. The minimum absolute atomic E-state index is 0.174. The lowest BCUT2D eigenvalue weighted by atomic mass is 10.1. The minimum atomic E-state index is -3.71. The zero-order valence-corrected chi connectivity index (χ0v) is 19.4. The number of nitrogens with one attached hydrogen (secondary N) is 2. The van der Waals surface area contributed by atoms with Gasteiger partial charge < -0.3 is 10.1 Å². The maximum atomic E-state index is 12.7. The molecule has 0 unspecified atom stereocenters. The van der Waals surface area contributed by atoms with Crippen LogP contribution in [0.15, 0.2) is 108 Å². The van der Waals surface area contributed by atoms with Crippen molar-refractivity contribution in [2.24, 2.45) is 0 Å². The summed E-state index contributed by atoms with van der Waals surface area (Å²) < 4.78 is 33.5. The highest BCUT2D eigenvalue weighted by atomic mass is 32.2. The molecule has 0 spiro atoms. The second-order valence-corrected chi connectivity index (χ2v) is 9.38. The molecule has 4 rings (SSSR count). The molecule has 0 radical (unpaired) electrons. The van der Waals surface area contributed by atoms with E-state index in [-0.39, 0.29) is 10.8 Å². The van der Waals surface area contributed by atoms with Gasteiger partial charge in [0.05, 0.1) is 10.6 Å². The first-order valence-corrected chi connectivity index (χ1v) is 12.2. The number of hydrogen-bond acceptors (Lipinski definition) is 4. The molecule has 1 amide bonds.